The van der Waals surface area contributed by atoms with Crippen LogP contribution in [0, 0.1) is 23.7 Å². The quantitative estimate of drug-likeness (QED) is 0.261. The summed E-state index contributed by atoms with van der Waals surface area (Å²) in [6.45, 7) is 5.50. The number of rotatable bonds is 14. The van der Waals surface area contributed by atoms with Gasteiger partial charge in [0, 0.05) is 0 Å². The topological polar surface area (TPSA) is 9.23 Å². The van der Waals surface area contributed by atoms with Crippen molar-refractivity contribution in [3.05, 3.63) is 29.8 Å². The van der Waals surface area contributed by atoms with Crippen LogP contribution in [0.1, 0.15) is 129 Å². The van der Waals surface area contributed by atoms with Gasteiger partial charge in [0.2, 0.25) is 0 Å². The summed E-state index contributed by atoms with van der Waals surface area (Å²) in [6, 6.07) is 8.99. The van der Waals surface area contributed by atoms with Gasteiger partial charge in [-0.25, -0.2) is 0 Å². The van der Waals surface area contributed by atoms with Crippen molar-refractivity contribution in [2.75, 3.05) is 6.61 Å². The van der Waals surface area contributed by atoms with Crippen molar-refractivity contribution in [1.82, 2.24) is 0 Å². The molecule has 2 fully saturated rings. The maximum Gasteiger partial charge on any atom is 0.119 e. The van der Waals surface area contributed by atoms with E-state index in [1.165, 1.54) is 121 Å². The van der Waals surface area contributed by atoms with Crippen LogP contribution in [-0.4, -0.2) is 6.61 Å². The molecule has 0 bridgehead atoms. The number of unbranched alkanes of at least 4 members (excludes halogenated alkanes) is 5. The Morgan fingerprint density at radius 1 is 0.625 bits per heavy atom. The zero-order chi connectivity index (χ0) is 22.4. The molecule has 2 saturated carbocycles. The minimum absolute atomic E-state index is 0.870. The molecule has 0 spiro atoms. The predicted octanol–water partition coefficient (Wildman–Crippen LogP) is 9.77. The van der Waals surface area contributed by atoms with Crippen LogP contribution >= 0.6 is 0 Å². The second kappa shape index (κ2) is 15.0. The summed E-state index contributed by atoms with van der Waals surface area (Å²) >= 11 is 0. The normalized spacial score (nSPS) is 26.2. The fourth-order valence-electron chi connectivity index (χ4n) is 6.50. The number of ether oxygens (including phenoxy) is 1. The minimum atomic E-state index is 0.870. The molecule has 0 amide bonds. The number of hydrogen-bond donors (Lipinski definition) is 0. The highest BCUT2D eigenvalue weighted by molar-refractivity contribution is 5.27. The van der Waals surface area contributed by atoms with Crippen LogP contribution in [0.3, 0.4) is 0 Å². The molecule has 0 N–H and O–H groups in total. The Morgan fingerprint density at radius 2 is 1.19 bits per heavy atom. The van der Waals surface area contributed by atoms with Gasteiger partial charge in [-0.15, -0.1) is 0 Å². The molecule has 0 saturated heterocycles. The lowest BCUT2D eigenvalue weighted by atomic mass is 9.68. The van der Waals surface area contributed by atoms with Crippen LogP contribution in [0.15, 0.2) is 24.3 Å². The van der Waals surface area contributed by atoms with Gasteiger partial charge in [-0.2, -0.15) is 0 Å². The van der Waals surface area contributed by atoms with E-state index in [0.29, 0.717) is 0 Å². The monoisotopic (exact) mass is 440 g/mol. The Kier molecular flexibility index (Phi) is 12.0. The molecule has 0 aromatic heterocycles. The van der Waals surface area contributed by atoms with Gasteiger partial charge in [0.15, 0.2) is 0 Å². The molecule has 1 nitrogen and oxygen atoms in total. The van der Waals surface area contributed by atoms with E-state index in [4.69, 9.17) is 4.74 Å². The molecule has 0 radical (unpaired) electrons. The standard InChI is InChI=1S/C31H52O/c1-3-5-6-7-8-9-25-32-31-23-17-28(18-24-31)12-11-27-15-21-30(22-16-27)29-19-13-26(10-4-2)14-20-29/h17-18,23-24,26-27,29-30H,3-16,19-22,25H2,1-2H3/t26-,27-,29-,30-. The third kappa shape index (κ3) is 9.11. The summed E-state index contributed by atoms with van der Waals surface area (Å²) in [5, 5.41) is 0. The van der Waals surface area contributed by atoms with Crippen LogP contribution in [0.25, 0.3) is 0 Å². The maximum atomic E-state index is 5.95. The smallest absolute Gasteiger partial charge is 0.119 e. The Hall–Kier alpha value is -0.980. The third-order valence-corrected chi connectivity index (χ3v) is 8.68. The largest absolute Gasteiger partial charge is 0.494 e. The van der Waals surface area contributed by atoms with Crippen LogP contribution in [0.4, 0.5) is 0 Å². The predicted molar refractivity (Wildman–Crippen MR) is 139 cm³/mol. The molecular weight excluding hydrogens is 388 g/mol. The van der Waals surface area contributed by atoms with Crippen molar-refractivity contribution in [3.8, 4) is 5.75 Å². The maximum absolute atomic E-state index is 5.95. The number of hydrogen-bond acceptors (Lipinski definition) is 1. The Morgan fingerprint density at radius 3 is 1.78 bits per heavy atom. The van der Waals surface area contributed by atoms with Gasteiger partial charge in [-0.1, -0.05) is 96.6 Å². The van der Waals surface area contributed by atoms with Gasteiger partial charge in [0.25, 0.3) is 0 Å². The lowest BCUT2D eigenvalue weighted by Gasteiger charge is -2.38. The summed E-state index contributed by atoms with van der Waals surface area (Å²) in [7, 11) is 0. The van der Waals surface area contributed by atoms with E-state index in [1.54, 1.807) is 0 Å². The first-order valence-corrected chi connectivity index (χ1v) is 14.5. The molecule has 2 aliphatic carbocycles. The van der Waals surface area contributed by atoms with Crippen molar-refractivity contribution in [2.45, 2.75) is 129 Å². The summed E-state index contributed by atoms with van der Waals surface area (Å²) in [5.74, 6) is 5.19. The molecule has 2 aliphatic rings. The fraction of sp³-hybridized carbons (Fsp3) is 0.806. The average Bonchev–Trinajstić information content (AvgIpc) is 2.84. The summed E-state index contributed by atoms with van der Waals surface area (Å²) in [5.41, 5.74) is 1.49. The SMILES string of the molecule is CCCCCCCCOc1ccc(CC[C@H]2CC[C@H]([C@H]3CC[C@H](CCC)CC3)CC2)cc1. The van der Waals surface area contributed by atoms with E-state index in [1.807, 2.05) is 0 Å². The first-order chi connectivity index (χ1) is 15.8. The van der Waals surface area contributed by atoms with E-state index in [2.05, 4.69) is 38.1 Å². The molecule has 1 aromatic rings. The van der Waals surface area contributed by atoms with Gasteiger partial charge in [0.05, 0.1) is 6.61 Å². The Balaban J connectivity index is 1.26. The molecule has 0 atom stereocenters. The lowest BCUT2D eigenvalue weighted by Crippen LogP contribution is -2.26. The molecule has 0 unspecified atom stereocenters. The molecule has 1 heteroatoms. The average molecular weight is 441 g/mol. The minimum Gasteiger partial charge on any atom is -0.494 e. The van der Waals surface area contributed by atoms with E-state index in [9.17, 15) is 0 Å². The van der Waals surface area contributed by atoms with Crippen molar-refractivity contribution in [3.63, 3.8) is 0 Å². The number of benzene rings is 1. The Bertz CT molecular complexity index is 575. The van der Waals surface area contributed by atoms with Crippen LogP contribution in [0.2, 0.25) is 0 Å². The van der Waals surface area contributed by atoms with Crippen molar-refractivity contribution < 1.29 is 4.74 Å². The molecule has 1 aromatic carbocycles. The molecule has 0 heterocycles. The van der Waals surface area contributed by atoms with Crippen LogP contribution in [-0.2, 0) is 6.42 Å². The van der Waals surface area contributed by atoms with Gasteiger partial charge >= 0.3 is 0 Å². The highest BCUT2D eigenvalue weighted by atomic mass is 16.5. The van der Waals surface area contributed by atoms with Gasteiger partial charge in [-0.3, -0.25) is 0 Å². The zero-order valence-corrected chi connectivity index (χ0v) is 21.5. The van der Waals surface area contributed by atoms with Crippen LogP contribution < -0.4 is 4.74 Å². The molecule has 3 rings (SSSR count). The second-order valence-corrected chi connectivity index (χ2v) is 11.1. The second-order valence-electron chi connectivity index (χ2n) is 11.1. The first-order valence-electron chi connectivity index (χ1n) is 14.5. The van der Waals surface area contributed by atoms with Crippen molar-refractivity contribution in [2.24, 2.45) is 23.7 Å². The first kappa shape index (κ1) is 25.6. The van der Waals surface area contributed by atoms with Gasteiger partial charge in [-0.05, 0) is 86.3 Å². The van der Waals surface area contributed by atoms with Crippen molar-refractivity contribution >= 4 is 0 Å². The summed E-state index contributed by atoms with van der Waals surface area (Å²) in [4.78, 5) is 0. The molecule has 0 aliphatic heterocycles. The zero-order valence-electron chi connectivity index (χ0n) is 21.5. The third-order valence-electron chi connectivity index (χ3n) is 8.68. The van der Waals surface area contributed by atoms with E-state index in [-0.39, 0.29) is 0 Å². The summed E-state index contributed by atoms with van der Waals surface area (Å²) in [6.07, 6.45) is 25.5. The van der Waals surface area contributed by atoms with E-state index < -0.39 is 0 Å². The lowest BCUT2D eigenvalue weighted by molar-refractivity contribution is 0.141. The highest BCUT2D eigenvalue weighted by Gasteiger charge is 2.30. The highest BCUT2D eigenvalue weighted by Crippen LogP contribution is 2.43. The molecule has 32 heavy (non-hydrogen) atoms. The summed E-state index contributed by atoms with van der Waals surface area (Å²) < 4.78 is 5.95. The van der Waals surface area contributed by atoms with E-state index >= 15 is 0 Å². The molecular formula is C31H52O. The van der Waals surface area contributed by atoms with Gasteiger partial charge in [0.1, 0.15) is 5.75 Å². The van der Waals surface area contributed by atoms with Crippen molar-refractivity contribution in [1.29, 1.82) is 0 Å². The van der Waals surface area contributed by atoms with E-state index in [0.717, 1.165) is 36.0 Å². The Labute approximate surface area is 200 Å². The number of aryl methyl sites for hydroxylation is 1. The van der Waals surface area contributed by atoms with Crippen LogP contribution in [0.5, 0.6) is 5.75 Å². The van der Waals surface area contributed by atoms with Gasteiger partial charge < -0.3 is 4.74 Å². The fourth-order valence-corrected chi connectivity index (χ4v) is 6.50. The molecule has 182 valence electrons.